The number of fused-ring (bicyclic) bond motifs is 6. The van der Waals surface area contributed by atoms with Crippen LogP contribution in [0.25, 0.3) is 31.3 Å². The Hall–Kier alpha value is -2.27. The van der Waals surface area contributed by atoms with E-state index >= 15 is 0 Å². The SMILES string of the molecule is CC1=Cc2ccc3ccccc3c2[CH]1[Mg][C]1=C(C)C(=[Si](C)C)c2ccc3ccccc3c21. The molecule has 4 aromatic carbocycles. The van der Waals surface area contributed by atoms with Gasteiger partial charge in [-0.15, -0.1) is 0 Å². The fourth-order valence-electron chi connectivity index (χ4n) is 6.11. The quantitative estimate of drug-likeness (QED) is 0.285. The molecule has 2 aliphatic carbocycles. The van der Waals surface area contributed by atoms with Gasteiger partial charge in [0.15, 0.2) is 0 Å². The van der Waals surface area contributed by atoms with Crippen LogP contribution in [-0.2, 0) is 0 Å². The molecule has 0 radical (unpaired) electrons. The van der Waals surface area contributed by atoms with Crippen LogP contribution in [0, 0.1) is 0 Å². The molecule has 4 aromatic rings. The molecule has 0 saturated carbocycles. The first kappa shape index (κ1) is 20.3. The van der Waals surface area contributed by atoms with Crippen LogP contribution in [-0.4, -0.2) is 33.9 Å². The lowest BCUT2D eigenvalue weighted by molar-refractivity contribution is 1.15. The van der Waals surface area contributed by atoms with Crippen LogP contribution in [0.15, 0.2) is 83.9 Å². The van der Waals surface area contributed by atoms with E-state index in [9.17, 15) is 0 Å². The van der Waals surface area contributed by atoms with Crippen LogP contribution in [0.4, 0.5) is 0 Å². The zero-order chi connectivity index (χ0) is 22.0. The van der Waals surface area contributed by atoms with Gasteiger partial charge in [0.05, 0.1) is 0 Å². The molecule has 0 nitrogen and oxygen atoms in total. The first-order valence-corrected chi connectivity index (χ1v) is 15.7. The van der Waals surface area contributed by atoms with E-state index in [1.54, 1.807) is 31.1 Å². The third kappa shape index (κ3) is 2.97. The maximum Gasteiger partial charge on any atom is 0.427 e. The highest BCUT2D eigenvalue weighted by atomic mass is 28.2. The van der Waals surface area contributed by atoms with Crippen molar-refractivity contribution in [3.8, 4) is 0 Å². The zero-order valence-electron chi connectivity index (χ0n) is 19.3. The minimum atomic E-state index is -0.582. The predicted octanol–water partition coefficient (Wildman–Crippen LogP) is 7.46. The number of hydrogen-bond acceptors (Lipinski definition) is 0. The molecule has 2 aliphatic rings. The van der Waals surface area contributed by atoms with Gasteiger partial charge in [0.1, 0.15) is 0 Å². The van der Waals surface area contributed by atoms with Crippen LogP contribution in [0.1, 0.15) is 40.1 Å². The highest BCUT2D eigenvalue weighted by molar-refractivity contribution is 6.79. The monoisotopic (exact) mass is 438 g/mol. The van der Waals surface area contributed by atoms with E-state index in [1.807, 2.05) is 0 Å². The van der Waals surface area contributed by atoms with E-state index in [2.05, 4.69) is 106 Å². The molecular formula is C30H26MgSi. The molecule has 0 spiro atoms. The minimum absolute atomic E-state index is 0.547. The normalized spacial score (nSPS) is 16.9. The third-order valence-electron chi connectivity index (χ3n) is 7.52. The Morgan fingerprint density at radius 1 is 0.750 bits per heavy atom. The van der Waals surface area contributed by atoms with Gasteiger partial charge in [0.25, 0.3) is 0 Å². The summed E-state index contributed by atoms with van der Waals surface area (Å²) in [5.41, 5.74) is 9.27. The van der Waals surface area contributed by atoms with Gasteiger partial charge >= 0.3 is 20.4 Å². The molecule has 152 valence electrons. The average Bonchev–Trinajstić information content (AvgIpc) is 3.27. The molecule has 0 aromatic heterocycles. The number of benzene rings is 4. The van der Waals surface area contributed by atoms with Gasteiger partial charge in [-0.1, -0.05) is 113 Å². The van der Waals surface area contributed by atoms with Crippen molar-refractivity contribution in [2.45, 2.75) is 31.0 Å². The smallest absolute Gasteiger partial charge is 0.161 e. The second kappa shape index (κ2) is 7.65. The van der Waals surface area contributed by atoms with E-state index in [4.69, 9.17) is 0 Å². The Bertz CT molecular complexity index is 1530. The van der Waals surface area contributed by atoms with Crippen LogP contribution in [0.2, 0.25) is 13.1 Å². The summed E-state index contributed by atoms with van der Waals surface area (Å²) in [6.45, 7) is 9.69. The van der Waals surface area contributed by atoms with Crippen molar-refractivity contribution in [1.29, 1.82) is 0 Å². The minimum Gasteiger partial charge on any atom is -0.161 e. The highest BCUT2D eigenvalue weighted by Crippen LogP contribution is 2.45. The van der Waals surface area contributed by atoms with Crippen molar-refractivity contribution < 1.29 is 0 Å². The molecule has 0 N–H and O–H groups in total. The summed E-state index contributed by atoms with van der Waals surface area (Å²) >= 11 is -0.582. The molecule has 0 heterocycles. The topological polar surface area (TPSA) is 0 Å². The van der Waals surface area contributed by atoms with E-state index in [-0.39, 0.29) is 0 Å². The lowest BCUT2D eigenvalue weighted by atomic mass is 9.99. The van der Waals surface area contributed by atoms with Crippen molar-refractivity contribution in [2.75, 3.05) is 0 Å². The first-order valence-electron chi connectivity index (χ1n) is 11.6. The average molecular weight is 439 g/mol. The lowest BCUT2D eigenvalue weighted by Gasteiger charge is -2.19. The summed E-state index contributed by atoms with van der Waals surface area (Å²) in [4.78, 5) is 0. The summed E-state index contributed by atoms with van der Waals surface area (Å²) in [5.74, 6) is 0. The summed E-state index contributed by atoms with van der Waals surface area (Å²) in [5, 5.41) is 7.30. The Morgan fingerprint density at radius 3 is 2.16 bits per heavy atom. The maximum atomic E-state index is 2.45. The maximum absolute atomic E-state index is 2.45. The second-order valence-electron chi connectivity index (χ2n) is 9.62. The number of hydrogen-bond donors (Lipinski definition) is 0. The van der Waals surface area contributed by atoms with Crippen LogP contribution in [0.5, 0.6) is 0 Å². The van der Waals surface area contributed by atoms with Crippen molar-refractivity contribution >= 4 is 65.3 Å². The molecule has 0 fully saturated rings. The zero-order valence-corrected chi connectivity index (χ0v) is 21.7. The van der Waals surface area contributed by atoms with Crippen LogP contribution < -0.4 is 0 Å². The van der Waals surface area contributed by atoms with E-state index in [0.717, 1.165) is 0 Å². The van der Waals surface area contributed by atoms with Gasteiger partial charge in [-0.2, -0.15) is 3.70 Å². The van der Waals surface area contributed by atoms with Crippen molar-refractivity contribution in [3.63, 3.8) is 0 Å². The summed E-state index contributed by atoms with van der Waals surface area (Å²) < 4.78 is 2.29. The van der Waals surface area contributed by atoms with Crippen molar-refractivity contribution in [2.24, 2.45) is 0 Å². The molecule has 0 bridgehead atoms. The molecular weight excluding hydrogens is 413 g/mol. The lowest BCUT2D eigenvalue weighted by Crippen LogP contribution is -2.12. The number of allylic oxidation sites excluding steroid dienone is 2. The Labute approximate surface area is 201 Å². The first-order chi connectivity index (χ1) is 15.5. The van der Waals surface area contributed by atoms with Crippen molar-refractivity contribution in [3.05, 3.63) is 106 Å². The van der Waals surface area contributed by atoms with Gasteiger partial charge in [-0.25, -0.2) is 0 Å². The van der Waals surface area contributed by atoms with E-state index < -0.39 is 28.8 Å². The Balaban J connectivity index is 1.58. The summed E-state index contributed by atoms with van der Waals surface area (Å²) in [7, 11) is -0.547. The molecule has 6 rings (SSSR count). The van der Waals surface area contributed by atoms with Gasteiger partial charge in [-0.05, 0) is 57.3 Å². The number of rotatable bonds is 2. The fraction of sp³-hybridized carbons (Fsp3) is 0.167. The Kier molecular flexibility index (Phi) is 4.87. The molecule has 0 saturated heterocycles. The highest BCUT2D eigenvalue weighted by Gasteiger charge is 2.33. The predicted molar refractivity (Wildman–Crippen MR) is 144 cm³/mol. The van der Waals surface area contributed by atoms with E-state index in [1.165, 1.54) is 32.7 Å². The van der Waals surface area contributed by atoms with Gasteiger partial charge in [0, 0.05) is 8.41 Å². The van der Waals surface area contributed by atoms with Crippen molar-refractivity contribution in [1.82, 2.24) is 0 Å². The van der Waals surface area contributed by atoms with Crippen LogP contribution in [0.3, 0.4) is 0 Å². The summed E-state index contributed by atoms with van der Waals surface area (Å²) in [6.07, 6.45) is 2.45. The van der Waals surface area contributed by atoms with Crippen LogP contribution >= 0.6 is 0 Å². The second-order valence-corrected chi connectivity index (χ2v) is 14.1. The molecule has 32 heavy (non-hydrogen) atoms. The van der Waals surface area contributed by atoms with E-state index in [0.29, 0.717) is 4.05 Å². The fourth-order valence-corrected chi connectivity index (χ4v) is 10.5. The molecule has 1 unspecified atom stereocenters. The van der Waals surface area contributed by atoms with Gasteiger partial charge in [0.2, 0.25) is 0 Å². The largest absolute Gasteiger partial charge is 0.427 e. The summed E-state index contributed by atoms with van der Waals surface area (Å²) in [6, 6.07) is 27.3. The molecule has 0 amide bonds. The Morgan fingerprint density at radius 2 is 1.41 bits per heavy atom. The molecule has 0 aliphatic heterocycles. The standard InChI is InChI=1S/C16H15Si.C14H11.Mg/c1-11-10-15-13-7-5-4-6-12(13)8-9-14(15)16(11)17(2)3;1-10-8-12-7-6-11-4-2-3-5-13(11)14(12)9-10;/h4-9H,1-3H3;2-9H,1H3;. The van der Waals surface area contributed by atoms with Gasteiger partial charge < -0.3 is 0 Å². The molecule has 2 heteroatoms. The third-order valence-corrected chi connectivity index (χ3v) is 11.9. The van der Waals surface area contributed by atoms with Gasteiger partial charge in [-0.3, -0.25) is 0 Å². The molecule has 1 atom stereocenters.